The van der Waals surface area contributed by atoms with Crippen LogP contribution in [0.2, 0.25) is 0 Å². The van der Waals surface area contributed by atoms with Crippen LogP contribution in [0.25, 0.3) is 0 Å². The van der Waals surface area contributed by atoms with Gasteiger partial charge in [-0.05, 0) is 12.8 Å². The van der Waals surface area contributed by atoms with Gasteiger partial charge in [0, 0.05) is 17.5 Å². The predicted octanol–water partition coefficient (Wildman–Crippen LogP) is 2.34. The summed E-state index contributed by atoms with van der Waals surface area (Å²) in [5, 5.41) is 10.4. The van der Waals surface area contributed by atoms with Crippen LogP contribution in [0.15, 0.2) is 11.7 Å². The first-order valence-corrected chi connectivity index (χ1v) is 6.72. The van der Waals surface area contributed by atoms with E-state index < -0.39 is 5.60 Å². The molecule has 88 valence electrons. The van der Waals surface area contributed by atoms with Crippen LogP contribution in [0.1, 0.15) is 43.4 Å². The zero-order valence-corrected chi connectivity index (χ0v) is 10.1. The normalized spacial score (nSPS) is 20.3. The number of hydrogen-bond acceptors (Lipinski definition) is 4. The summed E-state index contributed by atoms with van der Waals surface area (Å²) in [5.41, 5.74) is 0.653. The topological polar surface area (TPSA) is 50.2 Å². The fraction of sp³-hybridized carbons (Fsp3) is 0.667. The Bertz CT molecular complexity index is 340. The van der Waals surface area contributed by atoms with Crippen molar-refractivity contribution in [2.45, 2.75) is 50.5 Å². The molecule has 3 nitrogen and oxygen atoms in total. The van der Waals surface area contributed by atoms with E-state index in [-0.39, 0.29) is 5.78 Å². The molecular weight excluding hydrogens is 222 g/mol. The van der Waals surface area contributed by atoms with E-state index >= 15 is 0 Å². The molecule has 1 aliphatic carbocycles. The Morgan fingerprint density at radius 2 is 2.06 bits per heavy atom. The summed E-state index contributed by atoms with van der Waals surface area (Å²) in [6, 6.07) is 0. The first-order chi connectivity index (χ1) is 7.71. The Labute approximate surface area is 99.5 Å². The summed E-state index contributed by atoms with van der Waals surface area (Å²) in [7, 11) is 0. The van der Waals surface area contributed by atoms with E-state index in [0.29, 0.717) is 19.3 Å². The second-order valence-electron chi connectivity index (χ2n) is 4.51. The van der Waals surface area contributed by atoms with Crippen LogP contribution in [-0.2, 0) is 11.2 Å². The maximum atomic E-state index is 12.1. The van der Waals surface area contributed by atoms with Gasteiger partial charge < -0.3 is 5.11 Å². The Morgan fingerprint density at radius 3 is 2.62 bits per heavy atom. The van der Waals surface area contributed by atoms with E-state index in [9.17, 15) is 9.90 Å². The number of hydrogen-bond donors (Lipinski definition) is 1. The van der Waals surface area contributed by atoms with Crippen LogP contribution in [0.3, 0.4) is 0 Å². The minimum atomic E-state index is -1.07. The highest BCUT2D eigenvalue weighted by atomic mass is 32.1. The standard InChI is InChI=1S/C12H17NO2S/c14-11(7-10-8-13-9-16-10)12(15)5-3-1-2-4-6-12/h8-9,15H,1-7H2. The summed E-state index contributed by atoms with van der Waals surface area (Å²) in [5.74, 6) is -0.0290. The van der Waals surface area contributed by atoms with Crippen LogP contribution in [0.4, 0.5) is 0 Å². The van der Waals surface area contributed by atoms with Crippen molar-refractivity contribution in [1.29, 1.82) is 0 Å². The average molecular weight is 239 g/mol. The van der Waals surface area contributed by atoms with Gasteiger partial charge in [0.05, 0.1) is 5.51 Å². The number of aromatic nitrogens is 1. The van der Waals surface area contributed by atoms with E-state index in [0.717, 1.165) is 30.6 Å². The van der Waals surface area contributed by atoms with E-state index in [1.807, 2.05) is 0 Å². The molecule has 0 aromatic carbocycles. The molecule has 0 radical (unpaired) electrons. The predicted molar refractivity (Wildman–Crippen MR) is 63.5 cm³/mol. The molecule has 16 heavy (non-hydrogen) atoms. The van der Waals surface area contributed by atoms with Gasteiger partial charge in [0.2, 0.25) is 0 Å². The fourth-order valence-corrected chi connectivity index (χ4v) is 2.84. The summed E-state index contributed by atoms with van der Waals surface area (Å²) >= 11 is 1.48. The van der Waals surface area contributed by atoms with Crippen molar-refractivity contribution in [3.8, 4) is 0 Å². The maximum absolute atomic E-state index is 12.1. The maximum Gasteiger partial charge on any atom is 0.169 e. The van der Waals surface area contributed by atoms with Gasteiger partial charge in [-0.15, -0.1) is 11.3 Å². The van der Waals surface area contributed by atoms with Gasteiger partial charge in [-0.1, -0.05) is 25.7 Å². The molecule has 0 amide bonds. The van der Waals surface area contributed by atoms with Crippen LogP contribution in [0, 0.1) is 0 Å². The summed E-state index contributed by atoms with van der Waals surface area (Å²) in [4.78, 5) is 17.0. The summed E-state index contributed by atoms with van der Waals surface area (Å²) < 4.78 is 0. The van der Waals surface area contributed by atoms with Gasteiger partial charge in [0.25, 0.3) is 0 Å². The lowest BCUT2D eigenvalue weighted by molar-refractivity contribution is -0.137. The molecule has 4 heteroatoms. The third-order valence-corrected chi connectivity index (χ3v) is 4.05. The molecule has 1 aliphatic rings. The first-order valence-electron chi connectivity index (χ1n) is 5.84. The number of carbonyl (C=O) groups is 1. The lowest BCUT2D eigenvalue weighted by Gasteiger charge is -2.24. The van der Waals surface area contributed by atoms with Crippen LogP contribution < -0.4 is 0 Å². The van der Waals surface area contributed by atoms with Crippen molar-refractivity contribution in [3.63, 3.8) is 0 Å². The second-order valence-corrected chi connectivity index (χ2v) is 5.48. The molecule has 1 fully saturated rings. The van der Waals surface area contributed by atoms with Gasteiger partial charge in [-0.25, -0.2) is 0 Å². The van der Waals surface area contributed by atoms with E-state index in [2.05, 4.69) is 4.98 Å². The Hall–Kier alpha value is -0.740. The molecule has 0 saturated heterocycles. The summed E-state index contributed by atoms with van der Waals surface area (Å²) in [6.45, 7) is 0. The quantitative estimate of drug-likeness (QED) is 0.824. The number of carbonyl (C=O) groups excluding carboxylic acids is 1. The molecule has 0 aliphatic heterocycles. The molecule has 1 heterocycles. The monoisotopic (exact) mass is 239 g/mol. The lowest BCUT2D eigenvalue weighted by Crippen LogP contribution is -2.39. The van der Waals surface area contributed by atoms with Gasteiger partial charge in [0.15, 0.2) is 5.78 Å². The van der Waals surface area contributed by atoms with Gasteiger partial charge in [-0.2, -0.15) is 0 Å². The second kappa shape index (κ2) is 5.06. The van der Waals surface area contributed by atoms with Crippen molar-refractivity contribution >= 4 is 17.1 Å². The van der Waals surface area contributed by atoms with Crippen molar-refractivity contribution in [2.24, 2.45) is 0 Å². The number of ketones is 1. The van der Waals surface area contributed by atoms with Gasteiger partial charge in [-0.3, -0.25) is 9.78 Å². The Balaban J connectivity index is 2.01. The van der Waals surface area contributed by atoms with Crippen molar-refractivity contribution in [3.05, 3.63) is 16.6 Å². The molecule has 0 bridgehead atoms. The van der Waals surface area contributed by atoms with E-state index in [1.165, 1.54) is 11.3 Å². The van der Waals surface area contributed by atoms with Gasteiger partial charge >= 0.3 is 0 Å². The first kappa shape index (κ1) is 11.7. The van der Waals surface area contributed by atoms with E-state index in [4.69, 9.17) is 0 Å². The molecule has 1 aromatic heterocycles. The Morgan fingerprint density at radius 1 is 1.38 bits per heavy atom. The minimum Gasteiger partial charge on any atom is -0.382 e. The number of aliphatic hydroxyl groups is 1. The molecule has 1 aromatic rings. The van der Waals surface area contributed by atoms with Crippen LogP contribution >= 0.6 is 11.3 Å². The SMILES string of the molecule is O=C(Cc1cncs1)C1(O)CCCCCC1. The number of rotatable bonds is 3. The molecule has 2 rings (SSSR count). The lowest BCUT2D eigenvalue weighted by atomic mass is 9.88. The number of thiazole rings is 1. The molecule has 1 N–H and O–H groups in total. The van der Waals surface area contributed by atoms with E-state index in [1.54, 1.807) is 11.7 Å². The van der Waals surface area contributed by atoms with Crippen LogP contribution in [0.5, 0.6) is 0 Å². The zero-order chi connectivity index (χ0) is 11.4. The Kier molecular flexibility index (Phi) is 3.71. The van der Waals surface area contributed by atoms with Crippen molar-refractivity contribution < 1.29 is 9.90 Å². The largest absolute Gasteiger partial charge is 0.382 e. The molecule has 0 atom stereocenters. The van der Waals surface area contributed by atoms with Gasteiger partial charge in [0.1, 0.15) is 5.60 Å². The van der Waals surface area contributed by atoms with Crippen molar-refractivity contribution in [1.82, 2.24) is 4.98 Å². The summed E-state index contributed by atoms with van der Waals surface area (Å²) in [6.07, 6.45) is 7.50. The minimum absolute atomic E-state index is 0.0290. The fourth-order valence-electron chi connectivity index (χ4n) is 2.24. The third-order valence-electron chi connectivity index (χ3n) is 3.27. The van der Waals surface area contributed by atoms with Crippen LogP contribution in [-0.4, -0.2) is 21.5 Å². The molecule has 0 unspecified atom stereocenters. The van der Waals surface area contributed by atoms with Crippen molar-refractivity contribution in [2.75, 3.05) is 0 Å². The third kappa shape index (κ3) is 2.68. The molecular formula is C12H17NO2S. The number of nitrogens with zero attached hydrogens (tertiary/aromatic N) is 1. The highest BCUT2D eigenvalue weighted by Crippen LogP contribution is 2.29. The smallest absolute Gasteiger partial charge is 0.169 e. The number of Topliss-reactive ketones (excluding diaryl/α,β-unsaturated/α-hetero) is 1. The molecule has 0 spiro atoms. The molecule has 1 saturated carbocycles. The average Bonchev–Trinajstić information content (AvgIpc) is 2.66. The zero-order valence-electron chi connectivity index (χ0n) is 9.32. The highest BCUT2D eigenvalue weighted by molar-refractivity contribution is 7.09. The highest BCUT2D eigenvalue weighted by Gasteiger charge is 2.35.